The summed E-state index contributed by atoms with van der Waals surface area (Å²) in [6.07, 6.45) is 0.586. The number of hydrogen-bond acceptors (Lipinski definition) is 4. The average Bonchev–Trinajstić information content (AvgIpc) is 2.17. The van der Waals surface area contributed by atoms with E-state index in [0.29, 0.717) is 12.5 Å². The lowest BCUT2D eigenvalue weighted by atomic mass is 9.92. The Morgan fingerprint density at radius 2 is 2.18 bits per heavy atom. The van der Waals surface area contributed by atoms with Crippen LogP contribution in [0.3, 0.4) is 0 Å². The molecule has 3 N–H and O–H groups in total. The molecule has 1 heterocycles. The van der Waals surface area contributed by atoms with Crippen LogP contribution in [0, 0.1) is 5.92 Å². The largest absolute Gasteiger partial charge is 0.444 e. The quantitative estimate of drug-likeness (QED) is 0.752. The third-order valence-electron chi connectivity index (χ3n) is 2.94. The van der Waals surface area contributed by atoms with E-state index in [-0.39, 0.29) is 12.1 Å². The van der Waals surface area contributed by atoms with Crippen LogP contribution in [0.2, 0.25) is 0 Å². The molecule has 0 bridgehead atoms. The number of amides is 1. The third kappa shape index (κ3) is 4.91. The Morgan fingerprint density at radius 1 is 1.53 bits per heavy atom. The molecular formula is C12H25N3O2. The molecule has 0 aromatic heterocycles. The van der Waals surface area contributed by atoms with E-state index in [0.717, 1.165) is 19.5 Å². The first-order valence-corrected chi connectivity index (χ1v) is 6.20. The second-order valence-electron chi connectivity index (χ2n) is 5.80. The smallest absolute Gasteiger partial charge is 0.407 e. The van der Waals surface area contributed by atoms with E-state index in [4.69, 9.17) is 10.5 Å². The fourth-order valence-electron chi connectivity index (χ4n) is 2.10. The second-order valence-corrected chi connectivity index (χ2v) is 5.80. The van der Waals surface area contributed by atoms with Crippen molar-refractivity contribution in [3.05, 3.63) is 0 Å². The first-order valence-electron chi connectivity index (χ1n) is 6.20. The van der Waals surface area contributed by atoms with E-state index in [2.05, 4.69) is 17.3 Å². The van der Waals surface area contributed by atoms with Gasteiger partial charge >= 0.3 is 6.09 Å². The molecule has 1 aliphatic heterocycles. The molecule has 0 radical (unpaired) electrons. The monoisotopic (exact) mass is 243 g/mol. The van der Waals surface area contributed by atoms with Crippen molar-refractivity contribution < 1.29 is 9.53 Å². The number of carbonyl (C=O) groups is 1. The number of alkyl carbamates (subject to hydrolysis) is 1. The molecule has 0 unspecified atom stereocenters. The second kappa shape index (κ2) is 5.69. The Balaban J connectivity index is 2.47. The van der Waals surface area contributed by atoms with Gasteiger partial charge in [0.15, 0.2) is 0 Å². The molecule has 0 saturated carbocycles. The summed E-state index contributed by atoms with van der Waals surface area (Å²) in [6.45, 7) is 8.09. The Morgan fingerprint density at radius 3 is 2.71 bits per heavy atom. The highest BCUT2D eigenvalue weighted by Gasteiger charge is 2.29. The van der Waals surface area contributed by atoms with Crippen molar-refractivity contribution in [1.29, 1.82) is 0 Å². The van der Waals surface area contributed by atoms with Gasteiger partial charge in [0.05, 0.1) is 0 Å². The number of ether oxygens (including phenoxy) is 1. The van der Waals surface area contributed by atoms with E-state index in [1.54, 1.807) is 0 Å². The van der Waals surface area contributed by atoms with E-state index >= 15 is 0 Å². The van der Waals surface area contributed by atoms with Gasteiger partial charge in [-0.15, -0.1) is 0 Å². The van der Waals surface area contributed by atoms with Gasteiger partial charge in [-0.05, 0) is 47.3 Å². The number of rotatable bonds is 2. The van der Waals surface area contributed by atoms with Gasteiger partial charge in [-0.1, -0.05) is 0 Å². The average molecular weight is 243 g/mol. The molecule has 1 rings (SSSR count). The summed E-state index contributed by atoms with van der Waals surface area (Å²) < 4.78 is 5.26. The third-order valence-corrected chi connectivity index (χ3v) is 2.94. The van der Waals surface area contributed by atoms with Crippen LogP contribution in [0.1, 0.15) is 27.2 Å². The van der Waals surface area contributed by atoms with Crippen molar-refractivity contribution in [3.8, 4) is 0 Å². The molecule has 5 heteroatoms. The molecule has 1 aliphatic rings. The van der Waals surface area contributed by atoms with Crippen molar-refractivity contribution in [3.63, 3.8) is 0 Å². The zero-order valence-electron chi connectivity index (χ0n) is 11.3. The minimum absolute atomic E-state index is 0.131. The highest BCUT2D eigenvalue weighted by molar-refractivity contribution is 5.68. The molecule has 1 amide bonds. The summed E-state index contributed by atoms with van der Waals surface area (Å²) in [7, 11) is 2.08. The number of piperidine rings is 1. The Kier molecular flexibility index (Phi) is 4.77. The van der Waals surface area contributed by atoms with Gasteiger partial charge in [-0.25, -0.2) is 4.79 Å². The predicted molar refractivity (Wildman–Crippen MR) is 67.8 cm³/mol. The van der Waals surface area contributed by atoms with E-state index in [1.165, 1.54) is 0 Å². The Labute approximate surface area is 104 Å². The molecule has 0 aromatic carbocycles. The lowest BCUT2D eigenvalue weighted by molar-refractivity contribution is 0.0449. The van der Waals surface area contributed by atoms with Crippen LogP contribution in [0.5, 0.6) is 0 Å². The van der Waals surface area contributed by atoms with Gasteiger partial charge in [0, 0.05) is 18.5 Å². The molecule has 100 valence electrons. The molecule has 17 heavy (non-hydrogen) atoms. The van der Waals surface area contributed by atoms with Crippen molar-refractivity contribution in [2.75, 3.05) is 26.7 Å². The maximum absolute atomic E-state index is 11.7. The fourth-order valence-corrected chi connectivity index (χ4v) is 2.10. The molecular weight excluding hydrogens is 218 g/mol. The number of hydrogen-bond donors (Lipinski definition) is 2. The standard InChI is InChI=1S/C12H25N3O2/c1-12(2,3)17-11(16)14-10-5-6-15(4)8-9(10)7-13/h9-10H,5-8,13H2,1-4H3,(H,14,16)/t9-,10-/m1/s1. The first-order chi connectivity index (χ1) is 7.81. The topological polar surface area (TPSA) is 67.6 Å². The summed E-state index contributed by atoms with van der Waals surface area (Å²) in [6, 6.07) is 0.131. The van der Waals surface area contributed by atoms with Crippen LogP contribution in [0.4, 0.5) is 4.79 Å². The van der Waals surface area contributed by atoms with Gasteiger partial charge in [-0.2, -0.15) is 0 Å². The van der Waals surface area contributed by atoms with Gasteiger partial charge in [0.25, 0.3) is 0 Å². The van der Waals surface area contributed by atoms with Crippen LogP contribution in [-0.2, 0) is 4.74 Å². The van der Waals surface area contributed by atoms with E-state index in [9.17, 15) is 4.79 Å². The van der Waals surface area contributed by atoms with Crippen LogP contribution in [0.15, 0.2) is 0 Å². The minimum atomic E-state index is -0.451. The molecule has 0 spiro atoms. The SMILES string of the molecule is CN1CC[C@@H](NC(=O)OC(C)(C)C)[C@H](CN)C1. The van der Waals surface area contributed by atoms with Crippen LogP contribution >= 0.6 is 0 Å². The highest BCUT2D eigenvalue weighted by Crippen LogP contribution is 2.16. The number of likely N-dealkylation sites (tertiary alicyclic amines) is 1. The first kappa shape index (κ1) is 14.3. The molecule has 2 atom stereocenters. The fraction of sp³-hybridized carbons (Fsp3) is 0.917. The highest BCUT2D eigenvalue weighted by atomic mass is 16.6. The van der Waals surface area contributed by atoms with Gasteiger partial charge in [0.2, 0.25) is 0 Å². The van der Waals surface area contributed by atoms with E-state index in [1.807, 2.05) is 20.8 Å². The number of nitrogens with zero attached hydrogens (tertiary/aromatic N) is 1. The van der Waals surface area contributed by atoms with Crippen molar-refractivity contribution in [2.45, 2.75) is 38.8 Å². The molecule has 0 aliphatic carbocycles. The zero-order chi connectivity index (χ0) is 13.1. The lowest BCUT2D eigenvalue weighted by Crippen LogP contribution is -2.53. The number of carbonyl (C=O) groups excluding carboxylic acids is 1. The van der Waals surface area contributed by atoms with Crippen molar-refractivity contribution >= 4 is 6.09 Å². The molecule has 1 fully saturated rings. The normalized spacial score (nSPS) is 26.6. The van der Waals surface area contributed by atoms with Crippen LogP contribution in [0.25, 0.3) is 0 Å². The predicted octanol–water partition coefficient (Wildman–Crippen LogP) is 0.790. The van der Waals surface area contributed by atoms with Crippen LogP contribution < -0.4 is 11.1 Å². The minimum Gasteiger partial charge on any atom is -0.444 e. The number of nitrogens with one attached hydrogen (secondary N) is 1. The number of nitrogens with two attached hydrogens (primary N) is 1. The summed E-state index contributed by atoms with van der Waals surface area (Å²) >= 11 is 0. The molecule has 5 nitrogen and oxygen atoms in total. The van der Waals surface area contributed by atoms with E-state index < -0.39 is 5.60 Å². The summed E-state index contributed by atoms with van der Waals surface area (Å²) in [4.78, 5) is 13.9. The van der Waals surface area contributed by atoms with Gasteiger partial charge < -0.3 is 20.7 Å². The zero-order valence-corrected chi connectivity index (χ0v) is 11.3. The maximum atomic E-state index is 11.7. The summed E-state index contributed by atoms with van der Waals surface area (Å²) in [5, 5.41) is 2.93. The molecule has 1 saturated heterocycles. The maximum Gasteiger partial charge on any atom is 0.407 e. The van der Waals surface area contributed by atoms with Gasteiger partial charge in [0.1, 0.15) is 5.60 Å². The summed E-state index contributed by atoms with van der Waals surface area (Å²) in [5.74, 6) is 0.307. The van der Waals surface area contributed by atoms with Crippen LogP contribution in [-0.4, -0.2) is 49.3 Å². The lowest BCUT2D eigenvalue weighted by Gasteiger charge is -2.36. The Bertz CT molecular complexity index is 263. The molecule has 0 aromatic rings. The summed E-state index contributed by atoms with van der Waals surface area (Å²) in [5.41, 5.74) is 5.29. The van der Waals surface area contributed by atoms with Crippen molar-refractivity contribution in [2.24, 2.45) is 11.7 Å². The Hall–Kier alpha value is -0.810. The van der Waals surface area contributed by atoms with Gasteiger partial charge in [-0.3, -0.25) is 0 Å². The van der Waals surface area contributed by atoms with Crippen molar-refractivity contribution in [1.82, 2.24) is 10.2 Å².